The molecular formula is C18H34N2O6S. The van der Waals surface area contributed by atoms with Gasteiger partial charge in [-0.3, -0.25) is 9.69 Å². The van der Waals surface area contributed by atoms with Crippen molar-refractivity contribution in [1.29, 1.82) is 0 Å². The second-order valence-electron chi connectivity index (χ2n) is 7.80. The van der Waals surface area contributed by atoms with E-state index in [4.69, 9.17) is 4.74 Å². The molecule has 0 spiro atoms. The molecule has 27 heavy (non-hydrogen) atoms. The Morgan fingerprint density at radius 1 is 1.30 bits per heavy atom. The number of carbonyl (C=O) groups excluding carboxylic acids is 1. The highest BCUT2D eigenvalue weighted by Gasteiger charge is 2.48. The van der Waals surface area contributed by atoms with Crippen molar-refractivity contribution in [3.8, 4) is 0 Å². The number of nitrogens with one attached hydrogen (secondary N) is 1. The Morgan fingerprint density at radius 2 is 1.96 bits per heavy atom. The van der Waals surface area contributed by atoms with Crippen LogP contribution in [0, 0.1) is 5.92 Å². The lowest BCUT2D eigenvalue weighted by Gasteiger charge is -2.44. The Hall–Kier alpha value is -0.420. The number of carbonyl (C=O) groups is 1. The molecule has 2 rings (SSSR count). The third-order valence-electron chi connectivity index (χ3n) is 5.66. The maximum absolute atomic E-state index is 12.8. The van der Waals surface area contributed by atoms with Crippen LogP contribution in [0.25, 0.3) is 0 Å². The Kier molecular flexibility index (Phi) is 8.35. The van der Waals surface area contributed by atoms with Gasteiger partial charge in [0.1, 0.15) is 29.9 Å². The second-order valence-corrected chi connectivity index (χ2v) is 8.73. The Bertz CT molecular complexity index is 494. The van der Waals surface area contributed by atoms with E-state index in [0.29, 0.717) is 5.92 Å². The first-order chi connectivity index (χ1) is 12.7. The van der Waals surface area contributed by atoms with Crippen LogP contribution in [0.3, 0.4) is 0 Å². The summed E-state index contributed by atoms with van der Waals surface area (Å²) in [5.74, 6) is 0.245. The predicted molar refractivity (Wildman–Crippen MR) is 103 cm³/mol. The highest BCUT2D eigenvalue weighted by atomic mass is 32.2. The van der Waals surface area contributed by atoms with Crippen molar-refractivity contribution < 1.29 is 30.0 Å². The van der Waals surface area contributed by atoms with Gasteiger partial charge in [-0.25, -0.2) is 0 Å². The smallest absolute Gasteiger partial charge is 0.237 e. The summed E-state index contributed by atoms with van der Waals surface area (Å²) in [4.78, 5) is 14.9. The first-order valence-corrected chi connectivity index (χ1v) is 10.9. The van der Waals surface area contributed by atoms with Crippen molar-refractivity contribution >= 4 is 17.7 Å². The highest BCUT2D eigenvalue weighted by Crippen LogP contribution is 2.30. The van der Waals surface area contributed by atoms with Crippen LogP contribution >= 0.6 is 11.8 Å². The minimum absolute atomic E-state index is 0.223. The molecule has 0 unspecified atom stereocenters. The van der Waals surface area contributed by atoms with Crippen LogP contribution in [0.4, 0.5) is 0 Å². The first-order valence-electron chi connectivity index (χ1n) is 9.62. The van der Waals surface area contributed by atoms with Gasteiger partial charge in [-0.15, -0.1) is 11.8 Å². The number of hydrogen-bond acceptors (Lipinski definition) is 8. The van der Waals surface area contributed by atoms with Gasteiger partial charge in [0.15, 0.2) is 0 Å². The summed E-state index contributed by atoms with van der Waals surface area (Å²) in [7, 11) is 1.91. The Balaban J connectivity index is 2.09. The van der Waals surface area contributed by atoms with Crippen LogP contribution in [0.5, 0.6) is 0 Å². The van der Waals surface area contributed by atoms with Crippen LogP contribution in [0.1, 0.15) is 33.1 Å². The number of thioether (sulfide) groups is 1. The van der Waals surface area contributed by atoms with E-state index in [2.05, 4.69) is 12.2 Å². The van der Waals surface area contributed by atoms with Crippen molar-refractivity contribution in [2.75, 3.05) is 19.8 Å². The zero-order chi connectivity index (χ0) is 20.3. The minimum Gasteiger partial charge on any atom is -0.391 e. The molecule has 2 aliphatic heterocycles. The maximum Gasteiger partial charge on any atom is 0.237 e. The lowest BCUT2D eigenvalue weighted by Crippen LogP contribution is -2.65. The number of nitrogens with zero attached hydrogens (tertiary/aromatic N) is 1. The van der Waals surface area contributed by atoms with Gasteiger partial charge >= 0.3 is 0 Å². The molecule has 0 aromatic heterocycles. The van der Waals surface area contributed by atoms with E-state index in [-0.39, 0.29) is 11.9 Å². The average Bonchev–Trinajstić information content (AvgIpc) is 2.99. The maximum atomic E-state index is 12.8. The average molecular weight is 407 g/mol. The van der Waals surface area contributed by atoms with Gasteiger partial charge in [-0.2, -0.15) is 0 Å². The number of amides is 1. The zero-order valence-electron chi connectivity index (χ0n) is 16.5. The molecule has 2 saturated heterocycles. The van der Waals surface area contributed by atoms with Crippen LogP contribution in [0.2, 0.25) is 0 Å². The number of likely N-dealkylation sites (tertiary alicyclic amines) is 1. The highest BCUT2D eigenvalue weighted by molar-refractivity contribution is 7.99. The van der Waals surface area contributed by atoms with Gasteiger partial charge in [0.2, 0.25) is 5.91 Å². The van der Waals surface area contributed by atoms with Crippen molar-refractivity contribution in [2.24, 2.45) is 5.92 Å². The number of hydrogen-bond donors (Lipinski definition) is 5. The summed E-state index contributed by atoms with van der Waals surface area (Å²) in [6.07, 6.45) is -1.50. The lowest BCUT2D eigenvalue weighted by atomic mass is 9.92. The number of likely N-dealkylation sites (N-methyl/N-ethyl adjacent to an activating group) is 1. The standard InChI is InChI=1S/C18H34N2O6S/c1-5-6-10-7-11(20(3)8-10)17(25)19-12(9(2)21)16-14(23)13(22)15(24)18(26-16)27-4/h9-16,18,21-24H,5-8H2,1-4H3,(H,19,25)/t9-,10-,11+,12-,13+,14-,15-,16-,18+/m0/s1. The third kappa shape index (κ3) is 5.14. The van der Waals surface area contributed by atoms with E-state index in [1.165, 1.54) is 18.7 Å². The summed E-state index contributed by atoms with van der Waals surface area (Å²) in [5.41, 5.74) is -0.755. The number of aliphatic hydroxyl groups is 4. The molecule has 1 amide bonds. The predicted octanol–water partition coefficient (Wildman–Crippen LogP) is -0.857. The largest absolute Gasteiger partial charge is 0.391 e. The molecule has 0 aromatic rings. The fourth-order valence-corrected chi connectivity index (χ4v) is 4.81. The summed E-state index contributed by atoms with van der Waals surface area (Å²) in [6.45, 7) is 4.48. The lowest BCUT2D eigenvalue weighted by molar-refractivity contribution is -0.211. The van der Waals surface area contributed by atoms with Gasteiger partial charge in [-0.05, 0) is 39.0 Å². The fourth-order valence-electron chi connectivity index (χ4n) is 4.13. The van der Waals surface area contributed by atoms with E-state index in [1.807, 2.05) is 11.9 Å². The fraction of sp³-hybridized carbons (Fsp3) is 0.944. The van der Waals surface area contributed by atoms with Crippen molar-refractivity contribution in [2.45, 2.75) is 81.1 Å². The summed E-state index contributed by atoms with van der Waals surface area (Å²) in [6, 6.07) is -1.20. The molecule has 2 aliphatic rings. The van der Waals surface area contributed by atoms with E-state index in [9.17, 15) is 25.2 Å². The van der Waals surface area contributed by atoms with E-state index < -0.39 is 42.0 Å². The molecule has 2 heterocycles. The summed E-state index contributed by atoms with van der Waals surface area (Å²) in [5, 5.41) is 43.5. The number of ether oxygens (including phenoxy) is 1. The van der Waals surface area contributed by atoms with Crippen molar-refractivity contribution in [1.82, 2.24) is 10.2 Å². The Morgan fingerprint density at radius 3 is 2.52 bits per heavy atom. The van der Waals surface area contributed by atoms with E-state index in [0.717, 1.165) is 25.8 Å². The van der Waals surface area contributed by atoms with Crippen LogP contribution in [-0.4, -0.2) is 99.1 Å². The molecule has 5 N–H and O–H groups in total. The van der Waals surface area contributed by atoms with Gasteiger partial charge in [0.25, 0.3) is 0 Å². The molecular weight excluding hydrogens is 372 g/mol. The third-order valence-corrected chi connectivity index (χ3v) is 6.51. The Labute approximate surface area is 165 Å². The van der Waals surface area contributed by atoms with Gasteiger partial charge in [0.05, 0.1) is 18.2 Å². The van der Waals surface area contributed by atoms with E-state index in [1.54, 1.807) is 6.26 Å². The SMILES string of the molecule is CCC[C@H]1C[C@H](C(=O)N[C@H]([C@@H]2O[C@H](SC)[C@@H](O)[C@H](O)[C@@H]2O)[C@H](C)O)N(C)C1. The molecule has 0 radical (unpaired) electrons. The number of aliphatic hydroxyl groups excluding tert-OH is 4. The normalized spacial score (nSPS) is 39.9. The second kappa shape index (κ2) is 9.87. The molecule has 158 valence electrons. The summed E-state index contributed by atoms with van der Waals surface area (Å²) >= 11 is 1.20. The monoisotopic (exact) mass is 406 g/mol. The zero-order valence-corrected chi connectivity index (χ0v) is 17.3. The molecule has 0 aliphatic carbocycles. The molecule has 9 heteroatoms. The van der Waals surface area contributed by atoms with Gasteiger partial charge in [0, 0.05) is 6.54 Å². The van der Waals surface area contributed by atoms with E-state index >= 15 is 0 Å². The van der Waals surface area contributed by atoms with Crippen LogP contribution < -0.4 is 5.32 Å². The quantitative estimate of drug-likeness (QED) is 0.370. The molecule has 8 nitrogen and oxygen atoms in total. The van der Waals surface area contributed by atoms with Crippen molar-refractivity contribution in [3.05, 3.63) is 0 Å². The molecule has 2 fully saturated rings. The minimum atomic E-state index is -1.42. The van der Waals surface area contributed by atoms with Gasteiger partial charge < -0.3 is 30.5 Å². The molecule has 9 atom stereocenters. The van der Waals surface area contributed by atoms with Crippen LogP contribution in [-0.2, 0) is 9.53 Å². The molecule has 0 saturated carbocycles. The van der Waals surface area contributed by atoms with Gasteiger partial charge in [-0.1, -0.05) is 13.3 Å². The summed E-state index contributed by atoms with van der Waals surface area (Å²) < 4.78 is 5.72. The first kappa shape index (κ1) is 22.9. The molecule has 0 aromatic carbocycles. The van der Waals surface area contributed by atoms with Crippen molar-refractivity contribution in [3.63, 3.8) is 0 Å². The molecule has 0 bridgehead atoms. The van der Waals surface area contributed by atoms with Crippen LogP contribution in [0.15, 0.2) is 0 Å². The number of rotatable bonds is 7. The topological polar surface area (TPSA) is 122 Å².